The molecular formula is C16H23NO2. The highest BCUT2D eigenvalue weighted by atomic mass is 16.3. The van der Waals surface area contributed by atoms with E-state index in [-0.39, 0.29) is 17.1 Å². The molecule has 1 aromatic rings. The summed E-state index contributed by atoms with van der Waals surface area (Å²) < 4.78 is 0. The summed E-state index contributed by atoms with van der Waals surface area (Å²) >= 11 is 0. The highest BCUT2D eigenvalue weighted by Gasteiger charge is 2.60. The highest BCUT2D eigenvalue weighted by Crippen LogP contribution is 2.57. The third-order valence-corrected chi connectivity index (χ3v) is 4.41. The molecule has 0 saturated heterocycles. The molecule has 0 spiro atoms. The Bertz CT molecular complexity index is 450. The average Bonchev–Trinajstić information content (AvgIpc) is 3.16. The molecule has 1 fully saturated rings. The molecule has 1 aliphatic rings. The lowest BCUT2D eigenvalue weighted by atomic mass is 9.90. The fourth-order valence-corrected chi connectivity index (χ4v) is 3.11. The predicted molar refractivity (Wildman–Crippen MR) is 76.1 cm³/mol. The SMILES string of the molecule is CC[C@H]1C[C@]1(C(=O)N(CC)CC)c1ccc(O)cc1. The van der Waals surface area contributed by atoms with Gasteiger partial charge in [-0.15, -0.1) is 0 Å². The van der Waals surface area contributed by atoms with Gasteiger partial charge >= 0.3 is 0 Å². The van der Waals surface area contributed by atoms with Gasteiger partial charge in [0.2, 0.25) is 5.91 Å². The number of nitrogens with zero attached hydrogens (tertiary/aromatic N) is 1. The molecule has 1 saturated carbocycles. The van der Waals surface area contributed by atoms with E-state index >= 15 is 0 Å². The van der Waals surface area contributed by atoms with E-state index in [2.05, 4.69) is 6.92 Å². The largest absolute Gasteiger partial charge is 0.508 e. The predicted octanol–water partition coefficient (Wildman–Crippen LogP) is 2.93. The molecule has 0 bridgehead atoms. The van der Waals surface area contributed by atoms with Crippen LogP contribution in [0.3, 0.4) is 0 Å². The number of carbonyl (C=O) groups is 1. The molecule has 0 radical (unpaired) electrons. The molecule has 0 aromatic heterocycles. The number of rotatable bonds is 5. The van der Waals surface area contributed by atoms with Gasteiger partial charge in [-0.05, 0) is 43.9 Å². The van der Waals surface area contributed by atoms with Crippen molar-refractivity contribution in [1.29, 1.82) is 0 Å². The highest BCUT2D eigenvalue weighted by molar-refractivity contribution is 5.92. The molecule has 104 valence electrons. The maximum atomic E-state index is 12.8. The third-order valence-electron chi connectivity index (χ3n) is 4.41. The Balaban J connectivity index is 2.34. The van der Waals surface area contributed by atoms with E-state index in [1.165, 1.54) is 0 Å². The standard InChI is InChI=1S/C16H23NO2/c1-4-12-11-16(12,15(19)17(5-2)6-3)13-7-9-14(18)10-8-13/h7-10,12,18H,4-6,11H2,1-3H3/t12-,16+/m0/s1. The van der Waals surface area contributed by atoms with Crippen molar-refractivity contribution in [2.75, 3.05) is 13.1 Å². The number of amides is 1. The second-order valence-electron chi connectivity index (χ2n) is 5.30. The number of aromatic hydroxyl groups is 1. The number of phenols is 1. The van der Waals surface area contributed by atoms with Crippen LogP contribution in [0.5, 0.6) is 5.75 Å². The molecule has 19 heavy (non-hydrogen) atoms. The van der Waals surface area contributed by atoms with Crippen molar-refractivity contribution in [3.63, 3.8) is 0 Å². The van der Waals surface area contributed by atoms with Gasteiger partial charge in [0.05, 0.1) is 5.41 Å². The van der Waals surface area contributed by atoms with Crippen LogP contribution in [-0.2, 0) is 10.2 Å². The van der Waals surface area contributed by atoms with Gasteiger partial charge in [-0.2, -0.15) is 0 Å². The number of hydrogen-bond donors (Lipinski definition) is 1. The summed E-state index contributed by atoms with van der Waals surface area (Å²) in [6, 6.07) is 7.15. The first-order valence-corrected chi connectivity index (χ1v) is 7.19. The van der Waals surface area contributed by atoms with Gasteiger partial charge in [0.15, 0.2) is 0 Å². The normalized spacial score (nSPS) is 25.1. The maximum absolute atomic E-state index is 12.8. The molecule has 3 nitrogen and oxygen atoms in total. The minimum absolute atomic E-state index is 0.245. The zero-order valence-electron chi connectivity index (χ0n) is 12.0. The van der Waals surface area contributed by atoms with Gasteiger partial charge < -0.3 is 10.0 Å². The summed E-state index contributed by atoms with van der Waals surface area (Å²) in [7, 11) is 0. The second-order valence-corrected chi connectivity index (χ2v) is 5.30. The van der Waals surface area contributed by atoms with Crippen LogP contribution in [0.4, 0.5) is 0 Å². The van der Waals surface area contributed by atoms with E-state index in [4.69, 9.17) is 0 Å². The second kappa shape index (κ2) is 5.24. The van der Waals surface area contributed by atoms with Crippen LogP contribution < -0.4 is 0 Å². The van der Waals surface area contributed by atoms with Crippen molar-refractivity contribution in [3.8, 4) is 5.75 Å². The van der Waals surface area contributed by atoms with Crippen LogP contribution in [0, 0.1) is 5.92 Å². The van der Waals surface area contributed by atoms with Gasteiger partial charge in [0, 0.05) is 13.1 Å². The third kappa shape index (κ3) is 2.22. The molecule has 1 amide bonds. The van der Waals surface area contributed by atoms with Crippen molar-refractivity contribution in [2.24, 2.45) is 5.92 Å². The first-order chi connectivity index (χ1) is 9.09. The van der Waals surface area contributed by atoms with E-state index in [1.807, 2.05) is 30.9 Å². The number of carbonyl (C=O) groups excluding carboxylic acids is 1. The molecule has 0 unspecified atom stereocenters. The minimum Gasteiger partial charge on any atom is -0.508 e. The van der Waals surface area contributed by atoms with E-state index in [0.29, 0.717) is 5.92 Å². The fraction of sp³-hybridized carbons (Fsp3) is 0.562. The molecular weight excluding hydrogens is 238 g/mol. The first kappa shape index (κ1) is 13.9. The van der Waals surface area contributed by atoms with E-state index in [9.17, 15) is 9.90 Å². The monoisotopic (exact) mass is 261 g/mol. The Morgan fingerprint density at radius 1 is 1.26 bits per heavy atom. The minimum atomic E-state index is -0.339. The van der Waals surface area contributed by atoms with Gasteiger partial charge in [-0.25, -0.2) is 0 Å². The molecule has 1 N–H and O–H groups in total. The summed E-state index contributed by atoms with van der Waals surface area (Å²) in [5.41, 5.74) is 0.711. The Kier molecular flexibility index (Phi) is 3.83. The van der Waals surface area contributed by atoms with E-state index < -0.39 is 0 Å². The van der Waals surface area contributed by atoms with Crippen LogP contribution in [0.15, 0.2) is 24.3 Å². The Hall–Kier alpha value is -1.51. The Labute approximate surface area is 115 Å². The average molecular weight is 261 g/mol. The number of phenolic OH excluding ortho intramolecular Hbond substituents is 1. The number of benzene rings is 1. The van der Waals surface area contributed by atoms with Gasteiger partial charge in [0.1, 0.15) is 5.75 Å². The smallest absolute Gasteiger partial charge is 0.233 e. The van der Waals surface area contributed by atoms with Crippen LogP contribution in [-0.4, -0.2) is 29.0 Å². The summed E-state index contributed by atoms with van der Waals surface area (Å²) in [5.74, 6) is 0.933. The molecule has 1 aliphatic carbocycles. The fourth-order valence-electron chi connectivity index (χ4n) is 3.11. The quantitative estimate of drug-likeness (QED) is 0.885. The van der Waals surface area contributed by atoms with Gasteiger partial charge in [0.25, 0.3) is 0 Å². The van der Waals surface area contributed by atoms with Gasteiger partial charge in [-0.1, -0.05) is 25.5 Å². The van der Waals surface area contributed by atoms with Crippen LogP contribution in [0.1, 0.15) is 39.2 Å². The van der Waals surface area contributed by atoms with E-state index in [0.717, 1.165) is 31.5 Å². The number of likely N-dealkylation sites (N-methyl/N-ethyl adjacent to an activating group) is 1. The molecule has 3 heteroatoms. The van der Waals surface area contributed by atoms with Gasteiger partial charge in [-0.3, -0.25) is 4.79 Å². The maximum Gasteiger partial charge on any atom is 0.233 e. The first-order valence-electron chi connectivity index (χ1n) is 7.19. The van der Waals surface area contributed by atoms with Crippen molar-refractivity contribution in [3.05, 3.63) is 29.8 Å². The van der Waals surface area contributed by atoms with Crippen LogP contribution >= 0.6 is 0 Å². The summed E-state index contributed by atoms with van der Waals surface area (Å²) in [6.07, 6.45) is 1.96. The molecule has 0 aliphatic heterocycles. The molecule has 2 atom stereocenters. The van der Waals surface area contributed by atoms with Crippen molar-refractivity contribution in [2.45, 2.75) is 39.0 Å². The Morgan fingerprint density at radius 3 is 2.26 bits per heavy atom. The molecule has 1 aromatic carbocycles. The zero-order valence-corrected chi connectivity index (χ0v) is 12.0. The lowest BCUT2D eigenvalue weighted by Gasteiger charge is -2.26. The summed E-state index contributed by atoms with van der Waals surface area (Å²) in [6.45, 7) is 7.70. The lowest BCUT2D eigenvalue weighted by Crippen LogP contribution is -2.40. The van der Waals surface area contributed by atoms with Crippen LogP contribution in [0.2, 0.25) is 0 Å². The lowest BCUT2D eigenvalue weighted by molar-refractivity contribution is -0.134. The Morgan fingerprint density at radius 2 is 1.84 bits per heavy atom. The van der Waals surface area contributed by atoms with Crippen LogP contribution in [0.25, 0.3) is 0 Å². The van der Waals surface area contributed by atoms with E-state index in [1.54, 1.807) is 12.1 Å². The van der Waals surface area contributed by atoms with Crippen molar-refractivity contribution < 1.29 is 9.90 Å². The molecule has 0 heterocycles. The molecule has 2 rings (SSSR count). The topological polar surface area (TPSA) is 40.5 Å². The summed E-state index contributed by atoms with van der Waals surface area (Å²) in [5, 5.41) is 9.41. The van der Waals surface area contributed by atoms with Crippen molar-refractivity contribution >= 4 is 5.91 Å². The summed E-state index contributed by atoms with van der Waals surface area (Å²) in [4.78, 5) is 14.7. The number of hydrogen-bond acceptors (Lipinski definition) is 2. The van der Waals surface area contributed by atoms with Crippen molar-refractivity contribution in [1.82, 2.24) is 4.90 Å². The zero-order chi connectivity index (χ0) is 14.0.